The fourth-order valence-corrected chi connectivity index (χ4v) is 1.64. The minimum Gasteiger partial charge on any atom is -0.493 e. The fraction of sp³-hybridized carbons (Fsp3) is 0.467. The van der Waals surface area contributed by atoms with Gasteiger partial charge < -0.3 is 9.47 Å². The highest BCUT2D eigenvalue weighted by Crippen LogP contribution is 2.31. The highest BCUT2D eigenvalue weighted by molar-refractivity contribution is 5.44. The van der Waals surface area contributed by atoms with Crippen molar-refractivity contribution in [2.45, 2.75) is 33.1 Å². The molecule has 0 saturated carbocycles. The topological polar surface area (TPSA) is 18.5 Å². The molecule has 0 saturated heterocycles. The van der Waals surface area contributed by atoms with Gasteiger partial charge in [-0.1, -0.05) is 13.0 Å². The lowest BCUT2D eigenvalue weighted by molar-refractivity contribution is 0.310. The maximum Gasteiger partial charge on any atom is 0.161 e. The normalized spacial score (nSPS) is 11.3. The molecule has 0 aliphatic rings. The number of hydrogen-bond acceptors (Lipinski definition) is 2. The third kappa shape index (κ3) is 3.71. The zero-order valence-corrected chi connectivity index (χ0v) is 11.0. The van der Waals surface area contributed by atoms with Crippen LogP contribution in [0.15, 0.2) is 18.2 Å². The van der Waals surface area contributed by atoms with Crippen molar-refractivity contribution in [2.24, 2.45) is 0 Å². The quantitative estimate of drug-likeness (QED) is 0.722. The van der Waals surface area contributed by atoms with E-state index in [4.69, 9.17) is 9.47 Å². The van der Waals surface area contributed by atoms with E-state index in [1.54, 1.807) is 7.11 Å². The molecule has 0 bridgehead atoms. The van der Waals surface area contributed by atoms with Crippen LogP contribution in [0.25, 0.3) is 0 Å². The van der Waals surface area contributed by atoms with Gasteiger partial charge in [0, 0.05) is 6.42 Å². The van der Waals surface area contributed by atoms with Gasteiger partial charge >= 0.3 is 0 Å². The van der Waals surface area contributed by atoms with Crippen LogP contribution in [-0.4, -0.2) is 13.7 Å². The van der Waals surface area contributed by atoms with E-state index in [0.717, 1.165) is 17.9 Å². The molecule has 17 heavy (non-hydrogen) atoms. The summed E-state index contributed by atoms with van der Waals surface area (Å²) in [4.78, 5) is 0. The molecule has 2 heteroatoms. The van der Waals surface area contributed by atoms with Crippen molar-refractivity contribution in [1.82, 2.24) is 0 Å². The molecule has 1 aromatic rings. The van der Waals surface area contributed by atoms with Crippen molar-refractivity contribution in [3.63, 3.8) is 0 Å². The third-order valence-electron chi connectivity index (χ3n) is 2.64. The van der Waals surface area contributed by atoms with E-state index in [1.165, 1.54) is 5.56 Å². The van der Waals surface area contributed by atoms with Crippen LogP contribution in [0, 0.1) is 11.8 Å². The van der Waals surface area contributed by atoms with Crippen LogP contribution in [0.2, 0.25) is 0 Å². The Bertz CT molecular complexity index is 413. The molecule has 1 rings (SSSR count). The van der Waals surface area contributed by atoms with Gasteiger partial charge in [0.15, 0.2) is 11.5 Å². The zero-order valence-electron chi connectivity index (χ0n) is 11.0. The molecular weight excluding hydrogens is 212 g/mol. The van der Waals surface area contributed by atoms with Crippen molar-refractivity contribution in [3.05, 3.63) is 23.8 Å². The smallest absolute Gasteiger partial charge is 0.161 e. The monoisotopic (exact) mass is 232 g/mol. The largest absolute Gasteiger partial charge is 0.493 e. The molecule has 2 nitrogen and oxygen atoms in total. The maximum atomic E-state index is 5.49. The summed E-state index contributed by atoms with van der Waals surface area (Å²) in [6.45, 7) is 6.64. The highest BCUT2D eigenvalue weighted by atomic mass is 16.5. The molecule has 0 spiro atoms. The lowest BCUT2D eigenvalue weighted by Gasteiger charge is -2.13. The van der Waals surface area contributed by atoms with Gasteiger partial charge in [-0.15, -0.1) is 11.8 Å². The average Bonchev–Trinajstić information content (AvgIpc) is 2.36. The molecule has 92 valence electrons. The Balaban J connectivity index is 2.90. The average molecular weight is 232 g/mol. The van der Waals surface area contributed by atoms with E-state index in [0.29, 0.717) is 12.5 Å². The SMILES string of the molecule is CC#CCC(C)c1ccc(OCC)c(OC)c1. The van der Waals surface area contributed by atoms with Gasteiger partial charge in [-0.05, 0) is 37.5 Å². The molecule has 0 aliphatic heterocycles. The second-order valence-corrected chi connectivity index (χ2v) is 3.88. The molecule has 0 radical (unpaired) electrons. The van der Waals surface area contributed by atoms with Crippen molar-refractivity contribution >= 4 is 0 Å². The summed E-state index contributed by atoms with van der Waals surface area (Å²) in [5, 5.41) is 0. The van der Waals surface area contributed by atoms with Gasteiger partial charge in [0.05, 0.1) is 13.7 Å². The predicted molar refractivity (Wildman–Crippen MR) is 70.6 cm³/mol. The summed E-state index contributed by atoms with van der Waals surface area (Å²) in [6, 6.07) is 6.08. The standard InChI is InChI=1S/C15H20O2/c1-5-7-8-12(3)13-9-10-14(17-6-2)15(11-13)16-4/h9-12H,6,8H2,1-4H3. The highest BCUT2D eigenvalue weighted by Gasteiger charge is 2.09. The molecule has 0 aliphatic carbocycles. The van der Waals surface area contributed by atoms with Crippen molar-refractivity contribution in [2.75, 3.05) is 13.7 Å². The van der Waals surface area contributed by atoms with E-state index in [-0.39, 0.29) is 0 Å². The molecule has 0 fully saturated rings. The molecule has 0 aromatic heterocycles. The minimum absolute atomic E-state index is 0.409. The Morgan fingerprint density at radius 1 is 1.29 bits per heavy atom. The molecule has 1 unspecified atom stereocenters. The number of rotatable bonds is 5. The molecule has 1 atom stereocenters. The molecular formula is C15H20O2. The van der Waals surface area contributed by atoms with Crippen molar-refractivity contribution in [1.29, 1.82) is 0 Å². The Kier molecular flexibility index (Phi) is 5.42. The lowest BCUT2D eigenvalue weighted by Crippen LogP contribution is -1.98. The Hall–Kier alpha value is -1.62. The minimum atomic E-state index is 0.409. The van der Waals surface area contributed by atoms with E-state index >= 15 is 0 Å². The predicted octanol–water partition coefficient (Wildman–Crippen LogP) is 3.61. The first-order chi connectivity index (χ1) is 8.22. The summed E-state index contributed by atoms with van der Waals surface area (Å²) < 4.78 is 10.8. The van der Waals surface area contributed by atoms with Crippen LogP contribution in [0.3, 0.4) is 0 Å². The van der Waals surface area contributed by atoms with E-state index < -0.39 is 0 Å². The van der Waals surface area contributed by atoms with Gasteiger partial charge in [0.1, 0.15) is 0 Å². The summed E-state index contributed by atoms with van der Waals surface area (Å²) in [5.74, 6) is 8.02. The van der Waals surface area contributed by atoms with Crippen LogP contribution in [-0.2, 0) is 0 Å². The van der Waals surface area contributed by atoms with Gasteiger partial charge in [0.25, 0.3) is 0 Å². The van der Waals surface area contributed by atoms with E-state index in [2.05, 4.69) is 24.8 Å². The Morgan fingerprint density at radius 2 is 2.06 bits per heavy atom. The van der Waals surface area contributed by atoms with Crippen molar-refractivity contribution < 1.29 is 9.47 Å². The first-order valence-corrected chi connectivity index (χ1v) is 5.93. The molecule has 0 heterocycles. The third-order valence-corrected chi connectivity index (χ3v) is 2.64. The van der Waals surface area contributed by atoms with Crippen LogP contribution >= 0.6 is 0 Å². The summed E-state index contributed by atoms with van der Waals surface area (Å²) in [5.41, 5.74) is 1.23. The number of ether oxygens (including phenoxy) is 2. The van der Waals surface area contributed by atoms with Crippen LogP contribution in [0.4, 0.5) is 0 Å². The van der Waals surface area contributed by atoms with Crippen LogP contribution in [0.5, 0.6) is 11.5 Å². The molecule has 0 N–H and O–H groups in total. The molecule has 1 aromatic carbocycles. The summed E-state index contributed by atoms with van der Waals surface area (Å²) in [7, 11) is 1.66. The van der Waals surface area contributed by atoms with Gasteiger partial charge in [0.2, 0.25) is 0 Å². The first kappa shape index (κ1) is 13.4. The Labute approximate surface area is 104 Å². The van der Waals surface area contributed by atoms with Crippen LogP contribution < -0.4 is 9.47 Å². The zero-order chi connectivity index (χ0) is 12.7. The molecule has 0 amide bonds. The summed E-state index contributed by atoms with van der Waals surface area (Å²) >= 11 is 0. The maximum absolute atomic E-state index is 5.49. The van der Waals surface area contributed by atoms with Gasteiger partial charge in [-0.25, -0.2) is 0 Å². The number of methoxy groups -OCH3 is 1. The second kappa shape index (κ2) is 6.85. The lowest BCUT2D eigenvalue weighted by atomic mass is 9.97. The Morgan fingerprint density at radius 3 is 2.65 bits per heavy atom. The van der Waals surface area contributed by atoms with E-state index in [9.17, 15) is 0 Å². The first-order valence-electron chi connectivity index (χ1n) is 5.93. The van der Waals surface area contributed by atoms with Gasteiger partial charge in [-0.3, -0.25) is 0 Å². The van der Waals surface area contributed by atoms with Crippen LogP contribution in [0.1, 0.15) is 38.7 Å². The van der Waals surface area contributed by atoms with E-state index in [1.807, 2.05) is 26.0 Å². The van der Waals surface area contributed by atoms with Crippen molar-refractivity contribution in [3.8, 4) is 23.3 Å². The fourth-order valence-electron chi connectivity index (χ4n) is 1.64. The van der Waals surface area contributed by atoms with Gasteiger partial charge in [-0.2, -0.15) is 0 Å². The number of benzene rings is 1. The second-order valence-electron chi connectivity index (χ2n) is 3.88. The number of hydrogen-bond donors (Lipinski definition) is 0. The summed E-state index contributed by atoms with van der Waals surface area (Å²) in [6.07, 6.45) is 0.869.